The summed E-state index contributed by atoms with van der Waals surface area (Å²) in [4.78, 5) is 30.1. The smallest absolute Gasteiger partial charge is 0.320 e. The highest BCUT2D eigenvalue weighted by molar-refractivity contribution is 5.85. The molecule has 0 bridgehead atoms. The van der Waals surface area contributed by atoms with E-state index in [1.54, 1.807) is 0 Å². The number of nitrogens with one attached hydrogen (secondary N) is 1. The zero-order valence-corrected chi connectivity index (χ0v) is 14.5. The number of nitrogens with zero attached hydrogens (tertiary/aromatic N) is 3. The summed E-state index contributed by atoms with van der Waals surface area (Å²) in [6, 6.07) is 0.104. The van der Waals surface area contributed by atoms with Gasteiger partial charge in [0.2, 0.25) is 5.91 Å². The molecule has 2 fully saturated rings. The van der Waals surface area contributed by atoms with E-state index >= 15 is 0 Å². The summed E-state index contributed by atoms with van der Waals surface area (Å²) in [5.74, 6) is 0.742. The summed E-state index contributed by atoms with van der Waals surface area (Å²) in [7, 11) is 0. The topological polar surface area (TPSA) is 55.9 Å². The minimum Gasteiger partial charge on any atom is -0.339 e. The Morgan fingerprint density at radius 2 is 1.68 bits per heavy atom. The van der Waals surface area contributed by atoms with Gasteiger partial charge in [0.25, 0.3) is 0 Å². The number of hydrogen-bond acceptors (Lipinski definition) is 3. The fourth-order valence-corrected chi connectivity index (χ4v) is 3.11. The molecule has 3 amide bonds. The van der Waals surface area contributed by atoms with Crippen LogP contribution in [0.25, 0.3) is 0 Å². The summed E-state index contributed by atoms with van der Waals surface area (Å²) in [6.07, 6.45) is 1.75. The SMILES string of the molecule is CCN(CC)C(=O)N1CCN(C(=O)CC2CCNC2)CC1.Cl. The maximum Gasteiger partial charge on any atom is 0.320 e. The molecule has 2 rings (SSSR count). The Hall–Kier alpha value is -1.01. The summed E-state index contributed by atoms with van der Waals surface area (Å²) >= 11 is 0. The number of rotatable bonds is 4. The van der Waals surface area contributed by atoms with Gasteiger partial charge in [-0.25, -0.2) is 4.79 Å². The third kappa shape index (κ3) is 4.74. The fourth-order valence-electron chi connectivity index (χ4n) is 3.11. The van der Waals surface area contributed by atoms with E-state index in [0.29, 0.717) is 38.5 Å². The van der Waals surface area contributed by atoms with Crippen molar-refractivity contribution in [1.29, 1.82) is 0 Å². The van der Waals surface area contributed by atoms with Gasteiger partial charge in [-0.2, -0.15) is 0 Å². The molecular weight excluding hydrogens is 304 g/mol. The normalized spacial score (nSPS) is 21.5. The first-order valence-electron chi connectivity index (χ1n) is 8.18. The predicted octanol–water partition coefficient (Wildman–Crippen LogP) is 1.01. The van der Waals surface area contributed by atoms with E-state index in [2.05, 4.69) is 5.32 Å². The molecule has 1 N–H and O–H groups in total. The van der Waals surface area contributed by atoms with Crippen LogP contribution in [-0.4, -0.2) is 79.0 Å². The molecule has 0 aliphatic carbocycles. The van der Waals surface area contributed by atoms with Gasteiger partial charge >= 0.3 is 6.03 Å². The van der Waals surface area contributed by atoms with Gasteiger partial charge in [-0.3, -0.25) is 4.79 Å². The van der Waals surface area contributed by atoms with Crippen LogP contribution < -0.4 is 5.32 Å². The molecule has 0 saturated carbocycles. The summed E-state index contributed by atoms with van der Waals surface area (Å²) < 4.78 is 0. The highest BCUT2D eigenvalue weighted by Gasteiger charge is 2.27. The Morgan fingerprint density at radius 3 is 2.18 bits per heavy atom. The molecule has 2 saturated heterocycles. The van der Waals surface area contributed by atoms with E-state index in [4.69, 9.17) is 0 Å². The molecular formula is C15H29ClN4O2. The summed E-state index contributed by atoms with van der Waals surface area (Å²) in [5.41, 5.74) is 0. The van der Waals surface area contributed by atoms with Gasteiger partial charge in [0, 0.05) is 45.7 Å². The summed E-state index contributed by atoms with van der Waals surface area (Å²) in [5, 5.41) is 3.30. The highest BCUT2D eigenvalue weighted by Crippen LogP contribution is 2.15. The van der Waals surface area contributed by atoms with E-state index in [1.165, 1.54) is 0 Å². The maximum atomic E-state index is 12.3. The van der Waals surface area contributed by atoms with E-state index in [1.807, 2.05) is 28.5 Å². The minimum absolute atomic E-state index is 0. The molecule has 7 heteroatoms. The number of halogens is 1. The van der Waals surface area contributed by atoms with Crippen molar-refractivity contribution < 1.29 is 9.59 Å². The second-order valence-electron chi connectivity index (χ2n) is 5.89. The summed E-state index contributed by atoms with van der Waals surface area (Å²) in [6.45, 7) is 10.1. The van der Waals surface area contributed by atoms with Gasteiger partial charge in [0.15, 0.2) is 0 Å². The molecule has 2 aliphatic rings. The molecule has 0 radical (unpaired) electrons. The fraction of sp³-hybridized carbons (Fsp3) is 0.867. The van der Waals surface area contributed by atoms with Crippen LogP contribution in [0.2, 0.25) is 0 Å². The lowest BCUT2D eigenvalue weighted by atomic mass is 10.0. The quantitative estimate of drug-likeness (QED) is 0.836. The lowest BCUT2D eigenvalue weighted by molar-refractivity contribution is -0.133. The van der Waals surface area contributed by atoms with Crippen molar-refractivity contribution in [2.75, 3.05) is 52.4 Å². The van der Waals surface area contributed by atoms with Crippen LogP contribution >= 0.6 is 12.4 Å². The van der Waals surface area contributed by atoms with Crippen molar-refractivity contribution in [3.8, 4) is 0 Å². The van der Waals surface area contributed by atoms with Crippen molar-refractivity contribution >= 4 is 24.3 Å². The molecule has 0 aromatic rings. The average molecular weight is 333 g/mol. The molecule has 6 nitrogen and oxygen atoms in total. The standard InChI is InChI=1S/C15H28N4O2.ClH/c1-3-17(4-2)15(21)19-9-7-18(8-10-19)14(20)11-13-5-6-16-12-13;/h13,16H,3-12H2,1-2H3;1H. The Bertz CT molecular complexity index is 363. The number of urea groups is 1. The zero-order chi connectivity index (χ0) is 15.2. The molecule has 2 aliphatic heterocycles. The van der Waals surface area contributed by atoms with Crippen LogP contribution in [0.3, 0.4) is 0 Å². The number of piperazine rings is 1. The van der Waals surface area contributed by atoms with Gasteiger partial charge in [-0.05, 0) is 39.3 Å². The third-order valence-corrected chi connectivity index (χ3v) is 4.56. The van der Waals surface area contributed by atoms with Gasteiger partial charge in [0.05, 0.1) is 0 Å². The van der Waals surface area contributed by atoms with Gasteiger partial charge in [-0.1, -0.05) is 0 Å². The Morgan fingerprint density at radius 1 is 1.09 bits per heavy atom. The van der Waals surface area contributed by atoms with Gasteiger partial charge in [-0.15, -0.1) is 12.4 Å². The molecule has 1 unspecified atom stereocenters. The Labute approximate surface area is 139 Å². The largest absolute Gasteiger partial charge is 0.339 e. The zero-order valence-electron chi connectivity index (χ0n) is 13.7. The van der Waals surface area contributed by atoms with Crippen molar-refractivity contribution in [3.63, 3.8) is 0 Å². The van der Waals surface area contributed by atoms with Crippen molar-refractivity contribution in [3.05, 3.63) is 0 Å². The van der Waals surface area contributed by atoms with Gasteiger partial charge in [0.1, 0.15) is 0 Å². The number of carbonyl (C=O) groups excluding carboxylic acids is 2. The third-order valence-electron chi connectivity index (χ3n) is 4.56. The highest BCUT2D eigenvalue weighted by atomic mass is 35.5. The number of amides is 3. The van der Waals surface area contributed by atoms with Crippen LogP contribution in [0.4, 0.5) is 4.79 Å². The predicted molar refractivity (Wildman–Crippen MR) is 89.3 cm³/mol. The second kappa shape index (κ2) is 9.20. The average Bonchev–Trinajstić information content (AvgIpc) is 3.01. The van der Waals surface area contributed by atoms with Crippen LogP contribution in [0, 0.1) is 5.92 Å². The first-order chi connectivity index (χ1) is 10.2. The minimum atomic E-state index is 0. The Balaban J connectivity index is 0.00000242. The number of hydrogen-bond donors (Lipinski definition) is 1. The molecule has 0 aromatic heterocycles. The van der Waals surface area contributed by atoms with Crippen LogP contribution in [0.5, 0.6) is 0 Å². The van der Waals surface area contributed by atoms with Crippen LogP contribution in [0.1, 0.15) is 26.7 Å². The van der Waals surface area contributed by atoms with E-state index in [9.17, 15) is 9.59 Å². The van der Waals surface area contributed by atoms with Gasteiger partial charge < -0.3 is 20.0 Å². The van der Waals surface area contributed by atoms with Crippen LogP contribution in [0.15, 0.2) is 0 Å². The first kappa shape index (κ1) is 19.0. The second-order valence-corrected chi connectivity index (χ2v) is 5.89. The van der Waals surface area contributed by atoms with Crippen molar-refractivity contribution in [2.24, 2.45) is 5.92 Å². The molecule has 128 valence electrons. The van der Waals surface area contributed by atoms with E-state index < -0.39 is 0 Å². The molecule has 1 atom stereocenters. The first-order valence-corrected chi connectivity index (χ1v) is 8.18. The van der Waals surface area contributed by atoms with E-state index in [0.717, 1.165) is 32.6 Å². The molecule has 0 spiro atoms. The lowest BCUT2D eigenvalue weighted by Crippen LogP contribution is -2.54. The van der Waals surface area contributed by atoms with E-state index in [-0.39, 0.29) is 24.3 Å². The maximum absolute atomic E-state index is 12.3. The number of carbonyl (C=O) groups is 2. The van der Waals surface area contributed by atoms with Crippen molar-refractivity contribution in [2.45, 2.75) is 26.7 Å². The molecule has 2 heterocycles. The van der Waals surface area contributed by atoms with Crippen LogP contribution in [-0.2, 0) is 4.79 Å². The lowest BCUT2D eigenvalue weighted by Gasteiger charge is -2.37. The van der Waals surface area contributed by atoms with Crippen molar-refractivity contribution in [1.82, 2.24) is 20.0 Å². The Kier molecular flexibility index (Phi) is 7.96. The molecule has 0 aromatic carbocycles. The molecule has 22 heavy (non-hydrogen) atoms. The monoisotopic (exact) mass is 332 g/mol.